The smallest absolute Gasteiger partial charge is 0.155 e. The minimum Gasteiger partial charge on any atom is -0.299 e. The quantitative estimate of drug-likeness (QED) is 0.602. The molecule has 3 fully saturated rings. The molecule has 0 aromatic heterocycles. The van der Waals surface area contributed by atoms with Gasteiger partial charge in [-0.05, 0) is 92.4 Å². The van der Waals surface area contributed by atoms with E-state index < -0.39 is 0 Å². The molecule has 0 spiro atoms. The molecule has 1 unspecified atom stereocenters. The number of hydrogen-bond donors (Lipinski definition) is 0. The van der Waals surface area contributed by atoms with Gasteiger partial charge in [-0.1, -0.05) is 31.6 Å². The van der Waals surface area contributed by atoms with Crippen LogP contribution in [0.4, 0.5) is 0 Å². The van der Waals surface area contributed by atoms with Crippen LogP contribution in [0, 0.1) is 39.9 Å². The van der Waals surface area contributed by atoms with E-state index in [2.05, 4.69) is 26.0 Å². The highest BCUT2D eigenvalue weighted by Gasteiger charge is 2.68. The lowest BCUT2D eigenvalue weighted by Crippen LogP contribution is -2.54. The van der Waals surface area contributed by atoms with Crippen LogP contribution in [-0.2, 0) is 9.59 Å². The van der Waals surface area contributed by atoms with Gasteiger partial charge in [-0.3, -0.25) is 9.59 Å². The topological polar surface area (TPSA) is 34.1 Å². The molecule has 140 valence electrons. The molecule has 0 aromatic carbocycles. The van der Waals surface area contributed by atoms with Crippen LogP contribution in [0.5, 0.6) is 0 Å². The van der Waals surface area contributed by atoms with E-state index in [9.17, 15) is 9.59 Å². The van der Waals surface area contributed by atoms with Crippen molar-refractivity contribution in [3.8, 4) is 0 Å². The Hall–Kier alpha value is -1.18. The Balaban J connectivity index is 1.55. The lowest BCUT2D eigenvalue weighted by atomic mass is 9.45. The van der Waals surface area contributed by atoms with Crippen LogP contribution in [0.25, 0.3) is 0 Å². The van der Waals surface area contributed by atoms with Gasteiger partial charge in [-0.15, -0.1) is 0 Å². The van der Waals surface area contributed by atoms with E-state index in [-0.39, 0.29) is 16.2 Å². The van der Waals surface area contributed by atoms with Crippen LogP contribution in [0.1, 0.15) is 72.1 Å². The van der Waals surface area contributed by atoms with Gasteiger partial charge in [0.2, 0.25) is 0 Å². The van der Waals surface area contributed by atoms with E-state index in [0.29, 0.717) is 29.3 Å². The number of carbonyl (C=O) groups is 2. The monoisotopic (exact) mass is 352 g/mol. The fourth-order valence-electron chi connectivity index (χ4n) is 8.62. The number of carbonyl (C=O) groups excluding carboxylic acids is 2. The van der Waals surface area contributed by atoms with E-state index in [4.69, 9.17) is 0 Å². The first-order chi connectivity index (χ1) is 12.3. The van der Waals surface area contributed by atoms with Gasteiger partial charge in [-0.2, -0.15) is 0 Å². The van der Waals surface area contributed by atoms with Crippen molar-refractivity contribution in [2.24, 2.45) is 39.9 Å². The molecule has 0 N–H and O–H groups in total. The molecule has 2 nitrogen and oxygen atoms in total. The molecular formula is C24H32O2. The molecule has 0 heterocycles. The Labute approximate surface area is 157 Å². The summed E-state index contributed by atoms with van der Waals surface area (Å²) in [5, 5.41) is 0. The van der Waals surface area contributed by atoms with Gasteiger partial charge in [0.05, 0.1) is 5.41 Å². The highest BCUT2D eigenvalue weighted by Crippen LogP contribution is 2.73. The van der Waals surface area contributed by atoms with Crippen molar-refractivity contribution in [3.63, 3.8) is 0 Å². The lowest BCUT2D eigenvalue weighted by Gasteiger charge is -2.59. The molecule has 26 heavy (non-hydrogen) atoms. The Morgan fingerprint density at radius 2 is 1.92 bits per heavy atom. The van der Waals surface area contributed by atoms with E-state index >= 15 is 0 Å². The fourth-order valence-corrected chi connectivity index (χ4v) is 8.62. The maximum absolute atomic E-state index is 12.9. The molecule has 2 heteroatoms. The van der Waals surface area contributed by atoms with E-state index in [1.807, 2.05) is 13.0 Å². The van der Waals surface area contributed by atoms with Crippen LogP contribution in [0.2, 0.25) is 0 Å². The third kappa shape index (κ3) is 1.79. The molecule has 0 saturated heterocycles. The summed E-state index contributed by atoms with van der Waals surface area (Å²) in [5.74, 6) is 3.40. The number of hydrogen-bond acceptors (Lipinski definition) is 2. The third-order valence-corrected chi connectivity index (χ3v) is 9.86. The largest absolute Gasteiger partial charge is 0.299 e. The second kappa shape index (κ2) is 5.20. The summed E-state index contributed by atoms with van der Waals surface area (Å²) < 4.78 is 0. The second-order valence-electron chi connectivity index (χ2n) is 10.4. The summed E-state index contributed by atoms with van der Waals surface area (Å²) in [6, 6.07) is 0. The summed E-state index contributed by atoms with van der Waals surface area (Å²) in [7, 11) is 0. The Morgan fingerprint density at radius 1 is 1.12 bits per heavy atom. The summed E-state index contributed by atoms with van der Waals surface area (Å²) in [6.07, 6.45) is 15.4. The number of fused-ring (bicyclic) bond motifs is 7. The van der Waals surface area contributed by atoms with E-state index in [1.54, 1.807) is 0 Å². The Morgan fingerprint density at radius 3 is 2.69 bits per heavy atom. The van der Waals surface area contributed by atoms with Crippen molar-refractivity contribution < 1.29 is 9.59 Å². The van der Waals surface area contributed by atoms with Gasteiger partial charge in [0.1, 0.15) is 5.78 Å². The molecule has 7 atom stereocenters. The molecule has 0 radical (unpaired) electrons. The molecule has 0 amide bonds. The molecule has 5 aliphatic carbocycles. The summed E-state index contributed by atoms with van der Waals surface area (Å²) in [6.45, 7) is 6.74. The van der Waals surface area contributed by atoms with Crippen molar-refractivity contribution in [1.29, 1.82) is 0 Å². The van der Waals surface area contributed by atoms with Crippen LogP contribution in [0.3, 0.4) is 0 Å². The van der Waals surface area contributed by atoms with Crippen molar-refractivity contribution in [1.82, 2.24) is 0 Å². The van der Waals surface area contributed by atoms with Gasteiger partial charge in [0.15, 0.2) is 5.78 Å². The van der Waals surface area contributed by atoms with Gasteiger partial charge >= 0.3 is 0 Å². The van der Waals surface area contributed by atoms with Gasteiger partial charge in [0, 0.05) is 6.42 Å². The highest BCUT2D eigenvalue weighted by molar-refractivity contribution is 5.91. The minimum atomic E-state index is -0.192. The zero-order valence-electron chi connectivity index (χ0n) is 16.5. The zero-order valence-corrected chi connectivity index (χ0v) is 16.5. The third-order valence-electron chi connectivity index (χ3n) is 9.86. The van der Waals surface area contributed by atoms with Crippen molar-refractivity contribution >= 4 is 11.6 Å². The standard InChI is InChI=1S/C24H32O2/c1-15(25)24-10-4-5-17(24)14-21-19-7-6-16-13-18(26)8-11-22(16,2)20(19)9-12-23(21,24)3/h4,10,13,17,19-21H,5-9,11-12,14H2,1-3H3/t17?,19-,20+,21+,22+,23+,24+/m1/s1. The number of rotatable bonds is 1. The van der Waals surface area contributed by atoms with Gasteiger partial charge in [0.25, 0.3) is 0 Å². The second-order valence-corrected chi connectivity index (χ2v) is 10.4. The molecule has 5 aliphatic rings. The Kier molecular flexibility index (Phi) is 3.39. The predicted molar refractivity (Wildman–Crippen MR) is 102 cm³/mol. The number of allylic oxidation sites excluding steroid dienone is 3. The minimum absolute atomic E-state index is 0.139. The molecular weight excluding hydrogens is 320 g/mol. The first-order valence-corrected chi connectivity index (χ1v) is 10.8. The average molecular weight is 353 g/mol. The van der Waals surface area contributed by atoms with Crippen LogP contribution in [-0.4, -0.2) is 11.6 Å². The van der Waals surface area contributed by atoms with E-state index in [1.165, 1.54) is 31.3 Å². The molecule has 0 aromatic rings. The maximum Gasteiger partial charge on any atom is 0.155 e. The zero-order chi connectivity index (χ0) is 18.3. The lowest BCUT2D eigenvalue weighted by molar-refractivity contribution is -0.137. The first kappa shape index (κ1) is 17.0. The van der Waals surface area contributed by atoms with Crippen molar-refractivity contribution in [2.45, 2.75) is 72.1 Å². The van der Waals surface area contributed by atoms with Crippen molar-refractivity contribution in [2.75, 3.05) is 0 Å². The molecule has 0 bridgehead atoms. The molecule has 3 saturated carbocycles. The maximum atomic E-state index is 12.9. The van der Waals surface area contributed by atoms with Gasteiger partial charge < -0.3 is 0 Å². The van der Waals surface area contributed by atoms with Crippen LogP contribution >= 0.6 is 0 Å². The average Bonchev–Trinajstić information content (AvgIpc) is 3.12. The normalized spacial score (nSPS) is 52.0. The predicted octanol–water partition coefficient (Wildman–Crippen LogP) is 5.28. The number of ketones is 2. The molecule has 5 rings (SSSR count). The molecule has 0 aliphatic heterocycles. The summed E-state index contributed by atoms with van der Waals surface area (Å²) in [4.78, 5) is 24.9. The summed E-state index contributed by atoms with van der Waals surface area (Å²) >= 11 is 0. The SMILES string of the molecule is CC(=O)[C@@]12C=CCC1C[C@H]1[C@@H]3CCC4=CC(=O)CC[C@]4(C)[C@H]3CC[C@@]12C. The Bertz CT molecular complexity index is 745. The fraction of sp³-hybridized carbons (Fsp3) is 0.750. The first-order valence-electron chi connectivity index (χ1n) is 10.8. The highest BCUT2D eigenvalue weighted by atomic mass is 16.1. The number of Topliss-reactive ketones (excluding diaryl/α,β-unsaturated/α-hetero) is 1. The van der Waals surface area contributed by atoms with E-state index in [0.717, 1.165) is 31.6 Å². The van der Waals surface area contributed by atoms with Crippen LogP contribution in [0.15, 0.2) is 23.8 Å². The summed E-state index contributed by atoms with van der Waals surface area (Å²) in [5.41, 5.74) is 1.62. The van der Waals surface area contributed by atoms with Crippen molar-refractivity contribution in [3.05, 3.63) is 23.8 Å². The van der Waals surface area contributed by atoms with Crippen LogP contribution < -0.4 is 0 Å². The van der Waals surface area contributed by atoms with Gasteiger partial charge in [-0.25, -0.2) is 0 Å².